The maximum atomic E-state index is 14.2. The molecule has 2 bridgehead atoms. The third-order valence-electron chi connectivity index (χ3n) is 9.98. The molecule has 2 aliphatic heterocycles. The second kappa shape index (κ2) is 20.1. The van der Waals surface area contributed by atoms with E-state index in [1.54, 1.807) is 0 Å². The number of fused-ring (bicyclic) bond motifs is 2. The molecule has 0 spiro atoms. The van der Waals surface area contributed by atoms with Crippen LogP contribution < -0.4 is 32.7 Å². The van der Waals surface area contributed by atoms with Gasteiger partial charge in [0.05, 0.1) is 12.6 Å². The van der Waals surface area contributed by atoms with Gasteiger partial charge in [-0.3, -0.25) is 24.0 Å². The van der Waals surface area contributed by atoms with Gasteiger partial charge in [-0.2, -0.15) is 0 Å². The highest BCUT2D eigenvalue weighted by Crippen LogP contribution is 2.36. The van der Waals surface area contributed by atoms with E-state index in [0.717, 1.165) is 24.0 Å². The van der Waals surface area contributed by atoms with E-state index in [4.69, 9.17) is 16.6 Å². The van der Waals surface area contributed by atoms with Crippen LogP contribution in [0.5, 0.6) is 0 Å². The minimum Gasteiger partial charge on any atom is -0.480 e. The van der Waals surface area contributed by atoms with Gasteiger partial charge in [0.25, 0.3) is 0 Å². The van der Waals surface area contributed by atoms with Crippen LogP contribution >= 0.6 is 0 Å². The number of carbonyl (C=O) groups is 5. The summed E-state index contributed by atoms with van der Waals surface area (Å²) in [5.41, 5.74) is 13.8. The Balaban J connectivity index is 1.48. The van der Waals surface area contributed by atoms with E-state index >= 15 is 0 Å². The summed E-state index contributed by atoms with van der Waals surface area (Å²) in [6, 6.07) is 14.9. The third kappa shape index (κ3) is 12.1. The lowest BCUT2D eigenvalue weighted by Crippen LogP contribution is -2.60. The average molecular weight is 720 g/mol. The van der Waals surface area contributed by atoms with Crippen molar-refractivity contribution >= 4 is 29.6 Å². The Kier molecular flexibility index (Phi) is 15.6. The number of carbonyl (C=O) groups excluding carboxylic acids is 4. The van der Waals surface area contributed by atoms with Gasteiger partial charge in [0.1, 0.15) is 18.1 Å². The van der Waals surface area contributed by atoms with E-state index in [-0.39, 0.29) is 42.9 Å². The first-order valence-corrected chi connectivity index (χ1v) is 18.7. The van der Waals surface area contributed by atoms with Crippen LogP contribution in [-0.4, -0.2) is 95.0 Å². The van der Waals surface area contributed by atoms with Crippen molar-refractivity contribution in [2.45, 2.75) is 120 Å². The highest BCUT2D eigenvalue weighted by molar-refractivity contribution is 5.95. The molecular formula is C39H57N7O6. The monoisotopic (exact) mass is 719 g/mol. The van der Waals surface area contributed by atoms with Gasteiger partial charge in [-0.25, -0.2) is 0 Å². The molecule has 4 amide bonds. The van der Waals surface area contributed by atoms with Gasteiger partial charge in [0, 0.05) is 24.5 Å². The maximum Gasteiger partial charge on any atom is 0.317 e. The second-order valence-electron chi connectivity index (χ2n) is 14.7. The van der Waals surface area contributed by atoms with Crippen molar-refractivity contribution < 1.29 is 29.1 Å². The van der Waals surface area contributed by atoms with E-state index in [1.165, 1.54) is 0 Å². The fourth-order valence-electron chi connectivity index (χ4n) is 7.41. The van der Waals surface area contributed by atoms with E-state index in [0.29, 0.717) is 51.5 Å². The molecule has 284 valence electrons. The molecule has 0 aromatic heterocycles. The van der Waals surface area contributed by atoms with Crippen LogP contribution in [0.3, 0.4) is 0 Å². The molecule has 2 saturated heterocycles. The number of piperidine rings is 1. The van der Waals surface area contributed by atoms with E-state index in [1.807, 2.05) is 79.4 Å². The van der Waals surface area contributed by atoms with Crippen molar-refractivity contribution in [3.8, 4) is 0 Å². The number of nitrogens with two attached hydrogens (primary N) is 2. The lowest BCUT2D eigenvalue weighted by molar-refractivity contribution is -0.142. The van der Waals surface area contributed by atoms with Crippen LogP contribution in [0.25, 0.3) is 0 Å². The number of unbranched alkanes of at least 4 members (excludes halogenated alkanes) is 1. The largest absolute Gasteiger partial charge is 0.480 e. The Morgan fingerprint density at radius 2 is 1.31 bits per heavy atom. The highest BCUT2D eigenvalue weighted by Gasteiger charge is 2.45. The Morgan fingerprint density at radius 3 is 1.87 bits per heavy atom. The molecule has 2 aromatic carbocycles. The van der Waals surface area contributed by atoms with E-state index in [9.17, 15) is 24.0 Å². The van der Waals surface area contributed by atoms with Crippen LogP contribution in [0.2, 0.25) is 0 Å². The summed E-state index contributed by atoms with van der Waals surface area (Å²) in [6.07, 6.45) is 5.45. The molecule has 4 rings (SSSR count). The number of nitrogens with one attached hydrogen (secondary N) is 4. The van der Waals surface area contributed by atoms with Crippen molar-refractivity contribution in [1.82, 2.24) is 26.2 Å². The third-order valence-corrected chi connectivity index (χ3v) is 9.98. The molecule has 9 N–H and O–H groups in total. The first kappa shape index (κ1) is 40.4. The maximum absolute atomic E-state index is 14.2. The number of rotatable bonds is 20. The summed E-state index contributed by atoms with van der Waals surface area (Å²) in [6.45, 7) is 4.22. The molecule has 13 heteroatoms. The Morgan fingerprint density at radius 1 is 0.769 bits per heavy atom. The molecule has 0 aliphatic carbocycles. The van der Waals surface area contributed by atoms with E-state index < -0.39 is 47.9 Å². The van der Waals surface area contributed by atoms with Crippen LogP contribution in [0, 0.1) is 5.92 Å². The number of carboxylic acids is 1. The second-order valence-corrected chi connectivity index (χ2v) is 14.7. The zero-order valence-corrected chi connectivity index (χ0v) is 30.5. The zero-order valence-electron chi connectivity index (χ0n) is 30.5. The minimum absolute atomic E-state index is 0.00535. The van der Waals surface area contributed by atoms with Gasteiger partial charge in [-0.1, -0.05) is 74.5 Å². The summed E-state index contributed by atoms with van der Waals surface area (Å²) >= 11 is 0. The molecule has 0 saturated carbocycles. The first-order valence-electron chi connectivity index (χ1n) is 18.7. The molecular weight excluding hydrogens is 662 g/mol. The van der Waals surface area contributed by atoms with Crippen LogP contribution in [0.4, 0.5) is 0 Å². The van der Waals surface area contributed by atoms with Gasteiger partial charge in [-0.05, 0) is 81.4 Å². The summed E-state index contributed by atoms with van der Waals surface area (Å²) in [5.74, 6) is -2.53. The number of hydrogen-bond donors (Lipinski definition) is 7. The number of carboxylic acid groups (broad SMARTS) is 1. The standard InChI is InChI=1S/C39H57N7O6/c1-25(2)19-33(45-38(51)34(21-27-13-7-4-8-14-27)44-36(49)31(41)20-26-11-5-3-6-12-26)37(50)43-32(15-9-10-18-40)39(52)46-29-16-17-30(46)23-28(22-29)42-24-35(47)48/h3-8,11-14,25,28-34,42H,9-10,15-24,40-41H2,1-2H3,(H,43,50)(H,44,49)(H,45,51)(H,47,48). The van der Waals surface area contributed by atoms with Crippen molar-refractivity contribution in [3.63, 3.8) is 0 Å². The van der Waals surface area contributed by atoms with Crippen LogP contribution in [-0.2, 0) is 36.8 Å². The van der Waals surface area contributed by atoms with Crippen molar-refractivity contribution in [1.29, 1.82) is 0 Å². The topological polar surface area (TPSA) is 209 Å². The van der Waals surface area contributed by atoms with E-state index in [2.05, 4.69) is 21.3 Å². The Hall–Kier alpha value is -4.33. The van der Waals surface area contributed by atoms with Crippen LogP contribution in [0.15, 0.2) is 60.7 Å². The fraction of sp³-hybridized carbons (Fsp3) is 0.564. The van der Waals surface area contributed by atoms with Crippen molar-refractivity contribution in [2.24, 2.45) is 17.4 Å². The predicted octanol–water partition coefficient (Wildman–Crippen LogP) is 1.62. The lowest BCUT2D eigenvalue weighted by Gasteiger charge is -2.41. The molecule has 13 nitrogen and oxygen atoms in total. The lowest BCUT2D eigenvalue weighted by atomic mass is 9.95. The number of nitrogens with zero attached hydrogens (tertiary/aromatic N) is 1. The number of hydrogen-bond acceptors (Lipinski definition) is 8. The fourth-order valence-corrected chi connectivity index (χ4v) is 7.41. The number of aliphatic carboxylic acids is 1. The van der Waals surface area contributed by atoms with Gasteiger partial charge in [-0.15, -0.1) is 0 Å². The molecule has 6 atom stereocenters. The normalized spacial score (nSPS) is 20.4. The van der Waals surface area contributed by atoms with Gasteiger partial charge in [0.2, 0.25) is 23.6 Å². The molecule has 52 heavy (non-hydrogen) atoms. The van der Waals surface area contributed by atoms with Crippen LogP contribution in [0.1, 0.15) is 76.3 Å². The van der Waals surface area contributed by atoms with Gasteiger partial charge >= 0.3 is 5.97 Å². The predicted molar refractivity (Wildman–Crippen MR) is 199 cm³/mol. The zero-order chi connectivity index (χ0) is 37.6. The minimum atomic E-state index is -1.01. The van der Waals surface area contributed by atoms with Crippen molar-refractivity contribution in [3.05, 3.63) is 71.8 Å². The van der Waals surface area contributed by atoms with Gasteiger partial charge in [0.15, 0.2) is 0 Å². The number of amides is 4. The smallest absolute Gasteiger partial charge is 0.317 e. The molecule has 2 fully saturated rings. The molecule has 2 aromatic rings. The Bertz CT molecular complexity index is 1460. The summed E-state index contributed by atoms with van der Waals surface area (Å²) in [4.78, 5) is 68.5. The summed E-state index contributed by atoms with van der Waals surface area (Å²) in [7, 11) is 0. The average Bonchev–Trinajstić information content (AvgIpc) is 3.38. The van der Waals surface area contributed by atoms with Gasteiger partial charge < -0.3 is 42.7 Å². The molecule has 2 heterocycles. The number of benzene rings is 2. The molecule has 2 aliphatic rings. The Labute approximate surface area is 307 Å². The summed E-state index contributed by atoms with van der Waals surface area (Å²) < 4.78 is 0. The molecule has 6 unspecified atom stereocenters. The first-order chi connectivity index (χ1) is 24.9. The quantitative estimate of drug-likeness (QED) is 0.0991. The SMILES string of the molecule is CC(C)CC(NC(=O)C(Cc1ccccc1)NC(=O)C(N)Cc1ccccc1)C(=O)NC(CCCCN)C(=O)N1C2CCC1CC(NCC(=O)O)C2. The summed E-state index contributed by atoms with van der Waals surface area (Å²) in [5, 5.41) is 21.0. The highest BCUT2D eigenvalue weighted by atomic mass is 16.4. The molecule has 0 radical (unpaired) electrons. The van der Waals surface area contributed by atoms with Crippen molar-refractivity contribution in [2.75, 3.05) is 13.1 Å².